The zero-order valence-electron chi connectivity index (χ0n) is 16.8. The number of alkyl halides is 3. The van der Waals surface area contributed by atoms with Gasteiger partial charge in [0, 0.05) is 24.5 Å². The van der Waals surface area contributed by atoms with Gasteiger partial charge >= 0.3 is 6.18 Å². The maximum atomic E-state index is 12.9. The fourth-order valence-corrected chi connectivity index (χ4v) is 3.41. The maximum Gasteiger partial charge on any atom is 0.433 e. The molecule has 1 saturated heterocycles. The van der Waals surface area contributed by atoms with Gasteiger partial charge in [0.2, 0.25) is 11.3 Å². The molecule has 1 aliphatic rings. The number of hydrogen-bond donors (Lipinski definition) is 0. The average Bonchev–Trinajstić information content (AvgIpc) is 2.70. The van der Waals surface area contributed by atoms with Crippen molar-refractivity contribution in [1.29, 1.82) is 0 Å². The van der Waals surface area contributed by atoms with Gasteiger partial charge in [0.25, 0.3) is 5.91 Å². The van der Waals surface area contributed by atoms with Crippen molar-refractivity contribution in [2.45, 2.75) is 32.7 Å². The molecule has 0 aromatic carbocycles. The molecule has 31 heavy (non-hydrogen) atoms. The molecule has 1 aliphatic heterocycles. The second-order valence-electron chi connectivity index (χ2n) is 7.29. The zero-order valence-corrected chi connectivity index (χ0v) is 16.8. The summed E-state index contributed by atoms with van der Waals surface area (Å²) in [7, 11) is 0. The van der Waals surface area contributed by atoms with E-state index < -0.39 is 29.3 Å². The maximum absolute atomic E-state index is 12.9. The molecule has 3 aromatic rings. The first-order valence-electron chi connectivity index (χ1n) is 9.68. The molecule has 10 heteroatoms. The van der Waals surface area contributed by atoms with Crippen LogP contribution in [0, 0.1) is 6.92 Å². The summed E-state index contributed by atoms with van der Waals surface area (Å²) >= 11 is 0. The van der Waals surface area contributed by atoms with Crippen LogP contribution in [0.5, 0.6) is 5.88 Å². The lowest BCUT2D eigenvalue weighted by Gasteiger charge is -2.38. The Bertz CT molecular complexity index is 1220. The highest BCUT2D eigenvalue weighted by molar-refractivity contribution is 5.97. The van der Waals surface area contributed by atoms with Gasteiger partial charge in [0.1, 0.15) is 23.0 Å². The van der Waals surface area contributed by atoms with E-state index >= 15 is 0 Å². The van der Waals surface area contributed by atoms with Crippen molar-refractivity contribution in [3.05, 3.63) is 63.7 Å². The van der Waals surface area contributed by atoms with E-state index in [0.717, 1.165) is 11.8 Å². The smallest absolute Gasteiger partial charge is 0.433 e. The lowest BCUT2D eigenvalue weighted by atomic mass is 10.1. The number of hydrogen-bond acceptors (Lipinski definition) is 5. The third-order valence-electron chi connectivity index (χ3n) is 5.07. The van der Waals surface area contributed by atoms with Crippen LogP contribution >= 0.6 is 0 Å². The van der Waals surface area contributed by atoms with Gasteiger partial charge in [-0.25, -0.2) is 9.97 Å². The van der Waals surface area contributed by atoms with Crippen LogP contribution in [-0.4, -0.2) is 44.5 Å². The van der Waals surface area contributed by atoms with Gasteiger partial charge in [0.15, 0.2) is 0 Å². The Morgan fingerprint density at radius 1 is 1.19 bits per heavy atom. The normalized spacial score (nSPS) is 14.5. The molecule has 0 atom stereocenters. The summed E-state index contributed by atoms with van der Waals surface area (Å²) in [6, 6.07) is 6.78. The number of aromatic nitrogens is 3. The Labute approximate surface area is 175 Å². The van der Waals surface area contributed by atoms with Crippen molar-refractivity contribution in [2.75, 3.05) is 13.1 Å². The van der Waals surface area contributed by atoms with E-state index in [0.29, 0.717) is 17.6 Å². The summed E-state index contributed by atoms with van der Waals surface area (Å²) in [5.41, 5.74) is -0.141. The van der Waals surface area contributed by atoms with Crippen LogP contribution in [-0.2, 0) is 12.7 Å². The molecule has 3 aromatic heterocycles. The number of rotatable bonds is 4. The van der Waals surface area contributed by atoms with E-state index in [1.807, 2.05) is 13.8 Å². The number of carbonyl (C=O) groups excluding carboxylic acids is 1. The van der Waals surface area contributed by atoms with Crippen LogP contribution in [0.1, 0.15) is 28.7 Å². The van der Waals surface area contributed by atoms with Crippen molar-refractivity contribution in [3.63, 3.8) is 0 Å². The van der Waals surface area contributed by atoms with Crippen molar-refractivity contribution in [3.8, 4) is 5.88 Å². The summed E-state index contributed by atoms with van der Waals surface area (Å²) in [6.07, 6.45) is -3.57. The molecule has 1 amide bonds. The molecule has 0 bridgehead atoms. The van der Waals surface area contributed by atoms with Crippen molar-refractivity contribution in [1.82, 2.24) is 19.4 Å². The average molecular weight is 432 g/mol. The molecule has 162 valence electrons. The van der Waals surface area contributed by atoms with Crippen LogP contribution in [0.3, 0.4) is 0 Å². The number of ether oxygens (including phenoxy) is 1. The van der Waals surface area contributed by atoms with Crippen LogP contribution < -0.4 is 10.2 Å². The minimum atomic E-state index is -4.57. The van der Waals surface area contributed by atoms with Gasteiger partial charge in [-0.3, -0.25) is 9.59 Å². The van der Waals surface area contributed by atoms with Crippen LogP contribution in [0.4, 0.5) is 13.2 Å². The van der Waals surface area contributed by atoms with Crippen LogP contribution in [0.2, 0.25) is 0 Å². The Hall–Kier alpha value is -3.43. The van der Waals surface area contributed by atoms with Gasteiger partial charge in [-0.05, 0) is 32.0 Å². The molecule has 0 unspecified atom stereocenters. The Morgan fingerprint density at radius 2 is 1.94 bits per heavy atom. The topological polar surface area (TPSA) is 77.3 Å². The van der Waals surface area contributed by atoms with Crippen molar-refractivity contribution < 1.29 is 22.7 Å². The first-order chi connectivity index (χ1) is 14.7. The molecule has 4 heterocycles. The highest BCUT2D eigenvalue weighted by Crippen LogP contribution is 2.29. The van der Waals surface area contributed by atoms with Gasteiger partial charge < -0.3 is 14.2 Å². The summed E-state index contributed by atoms with van der Waals surface area (Å²) in [4.78, 5) is 35.0. The number of aryl methyl sites for hydroxylation is 2. The summed E-state index contributed by atoms with van der Waals surface area (Å²) < 4.78 is 45.6. The van der Waals surface area contributed by atoms with Gasteiger partial charge in [0.05, 0.1) is 18.5 Å². The van der Waals surface area contributed by atoms with Crippen molar-refractivity contribution in [2.24, 2.45) is 0 Å². The van der Waals surface area contributed by atoms with Gasteiger partial charge in [-0.2, -0.15) is 13.2 Å². The van der Waals surface area contributed by atoms with E-state index in [1.165, 1.54) is 23.2 Å². The monoisotopic (exact) mass is 432 g/mol. The van der Waals surface area contributed by atoms with E-state index in [9.17, 15) is 22.8 Å². The van der Waals surface area contributed by atoms with E-state index in [2.05, 4.69) is 9.97 Å². The predicted molar refractivity (Wildman–Crippen MR) is 106 cm³/mol. The second kappa shape index (κ2) is 7.68. The molecule has 0 spiro atoms. The highest BCUT2D eigenvalue weighted by Gasteiger charge is 2.36. The zero-order chi connectivity index (χ0) is 22.3. The molecule has 4 rings (SSSR count). The fourth-order valence-electron chi connectivity index (χ4n) is 3.41. The lowest BCUT2D eigenvalue weighted by molar-refractivity contribution is -0.141. The minimum Gasteiger partial charge on any atom is -0.471 e. The number of fused-ring (bicyclic) bond motifs is 1. The van der Waals surface area contributed by atoms with E-state index in [1.54, 1.807) is 16.7 Å². The number of nitrogens with zero attached hydrogens (tertiary/aromatic N) is 4. The van der Waals surface area contributed by atoms with E-state index in [4.69, 9.17) is 4.74 Å². The molecule has 0 saturated carbocycles. The number of pyridine rings is 3. The summed E-state index contributed by atoms with van der Waals surface area (Å²) in [5.74, 6) is -0.612. The first kappa shape index (κ1) is 20.8. The number of halogens is 3. The quantitative estimate of drug-likeness (QED) is 0.634. The van der Waals surface area contributed by atoms with Gasteiger partial charge in [-0.1, -0.05) is 6.07 Å². The van der Waals surface area contributed by atoms with Gasteiger partial charge in [-0.15, -0.1) is 0 Å². The predicted octanol–water partition coefficient (Wildman–Crippen LogP) is 3.04. The largest absolute Gasteiger partial charge is 0.471 e. The molecule has 0 N–H and O–H groups in total. The summed E-state index contributed by atoms with van der Waals surface area (Å²) in [6.45, 7) is 4.53. The molecule has 7 nitrogen and oxygen atoms in total. The lowest BCUT2D eigenvalue weighted by Crippen LogP contribution is -2.56. The number of likely N-dealkylation sites (tertiary alicyclic amines) is 1. The minimum absolute atomic E-state index is 0.0237. The van der Waals surface area contributed by atoms with Crippen molar-refractivity contribution >= 4 is 16.9 Å². The van der Waals surface area contributed by atoms with E-state index in [-0.39, 0.29) is 24.5 Å². The van der Waals surface area contributed by atoms with Crippen LogP contribution in [0.25, 0.3) is 11.0 Å². The first-order valence-corrected chi connectivity index (χ1v) is 9.68. The SMILES string of the molecule is CCn1cc(C(=O)N2CC(Oc3cccc(C(F)(F)F)n3)C2)c(=O)c2ccc(C)nc21. The molecular formula is C21H19F3N4O3. The Balaban J connectivity index is 1.50. The molecular weight excluding hydrogens is 413 g/mol. The standard InChI is InChI=1S/C21H19F3N4O3/c1-3-27-11-15(18(29)14-8-7-12(2)25-19(14)27)20(30)28-9-13(10-28)31-17-6-4-5-16(26-17)21(22,23)24/h4-8,11,13H,3,9-10H2,1-2H3. The third kappa shape index (κ3) is 3.97. The number of carbonyl (C=O) groups is 1. The molecule has 0 aliphatic carbocycles. The fraction of sp³-hybridized carbons (Fsp3) is 0.333. The Morgan fingerprint density at radius 3 is 2.61 bits per heavy atom. The highest BCUT2D eigenvalue weighted by atomic mass is 19.4. The summed E-state index contributed by atoms with van der Waals surface area (Å²) in [5, 5.41) is 0.361. The molecule has 1 fully saturated rings. The third-order valence-corrected chi connectivity index (χ3v) is 5.07. The Kier molecular flexibility index (Phi) is 5.16. The van der Waals surface area contributed by atoms with Crippen LogP contribution in [0.15, 0.2) is 41.3 Å². The molecule has 0 radical (unpaired) electrons. The second-order valence-corrected chi connectivity index (χ2v) is 7.29. The number of amides is 1.